The van der Waals surface area contributed by atoms with Gasteiger partial charge in [0.1, 0.15) is 0 Å². The van der Waals surface area contributed by atoms with Crippen molar-refractivity contribution >= 4 is 0 Å². The van der Waals surface area contributed by atoms with Crippen LogP contribution >= 0.6 is 0 Å². The molecule has 1 N–H and O–H groups in total. The molecule has 0 amide bonds. The highest BCUT2D eigenvalue weighted by Crippen LogP contribution is 2.16. The highest BCUT2D eigenvalue weighted by molar-refractivity contribution is 4.46. The molecule has 0 aliphatic rings. The Morgan fingerprint density at radius 1 is 1.45 bits per heavy atom. The van der Waals surface area contributed by atoms with E-state index >= 15 is 0 Å². The molecule has 5 heteroatoms. The topological polar surface area (TPSA) is 29.5 Å². The lowest BCUT2D eigenvalue weighted by Gasteiger charge is -2.07. The van der Waals surface area contributed by atoms with Gasteiger partial charge >= 0.3 is 6.36 Å². The summed E-state index contributed by atoms with van der Waals surface area (Å²) < 4.78 is 37.4. The Bertz CT molecular complexity index is 100. The quantitative estimate of drug-likeness (QED) is 0.654. The summed E-state index contributed by atoms with van der Waals surface area (Å²) in [6, 6.07) is 0. The minimum absolute atomic E-state index is 0.219. The first-order valence-corrected chi connectivity index (χ1v) is 3.30. The van der Waals surface area contributed by atoms with Crippen LogP contribution < -0.4 is 0 Å². The second-order valence-corrected chi connectivity index (χ2v) is 2.29. The molecule has 0 fully saturated rings. The fourth-order valence-corrected chi connectivity index (χ4v) is 0.567. The minimum Gasteiger partial charge on any atom is -0.393 e. The first kappa shape index (κ1) is 10.7. The number of hydrogen-bond acceptors (Lipinski definition) is 2. The van der Waals surface area contributed by atoms with Gasteiger partial charge in [0.25, 0.3) is 0 Å². The monoisotopic (exact) mass is 172 g/mol. The number of halogens is 3. The highest BCUT2D eigenvalue weighted by Gasteiger charge is 2.28. The molecule has 0 saturated heterocycles. The molecule has 0 aliphatic heterocycles. The van der Waals surface area contributed by atoms with Gasteiger partial charge in [0.15, 0.2) is 0 Å². The second kappa shape index (κ2) is 4.56. The maximum Gasteiger partial charge on any atom is 0.522 e. The Labute approximate surface area is 63.0 Å². The minimum atomic E-state index is -4.54. The Balaban J connectivity index is 3.15. The predicted molar refractivity (Wildman–Crippen MR) is 32.9 cm³/mol. The van der Waals surface area contributed by atoms with Crippen LogP contribution in [0.5, 0.6) is 0 Å². The van der Waals surface area contributed by atoms with Crippen molar-refractivity contribution in [2.75, 3.05) is 6.61 Å². The Morgan fingerprint density at radius 2 is 2.00 bits per heavy atom. The molecular formula is C6H11F3O2. The number of aliphatic hydroxyl groups excluding tert-OH is 1. The summed E-state index contributed by atoms with van der Waals surface area (Å²) >= 11 is 0. The van der Waals surface area contributed by atoms with E-state index in [0.717, 1.165) is 0 Å². The average Bonchev–Trinajstić information content (AvgIpc) is 1.78. The van der Waals surface area contributed by atoms with E-state index in [2.05, 4.69) is 4.74 Å². The van der Waals surface area contributed by atoms with Crippen molar-refractivity contribution in [3.63, 3.8) is 0 Å². The maximum absolute atomic E-state index is 11.3. The molecule has 0 bridgehead atoms. The van der Waals surface area contributed by atoms with Gasteiger partial charge in [-0.25, -0.2) is 0 Å². The first-order valence-electron chi connectivity index (χ1n) is 3.30. The van der Waals surface area contributed by atoms with Crippen LogP contribution in [0.1, 0.15) is 19.8 Å². The van der Waals surface area contributed by atoms with E-state index in [9.17, 15) is 13.2 Å². The van der Waals surface area contributed by atoms with Crippen molar-refractivity contribution in [2.24, 2.45) is 0 Å². The molecule has 1 unspecified atom stereocenters. The lowest BCUT2D eigenvalue weighted by molar-refractivity contribution is -0.324. The Morgan fingerprint density at radius 3 is 2.36 bits per heavy atom. The molecule has 1 atom stereocenters. The predicted octanol–water partition coefficient (Wildman–Crippen LogP) is 1.68. The van der Waals surface area contributed by atoms with Gasteiger partial charge < -0.3 is 5.11 Å². The van der Waals surface area contributed by atoms with Crippen molar-refractivity contribution in [3.05, 3.63) is 0 Å². The van der Waals surface area contributed by atoms with E-state index in [4.69, 9.17) is 5.11 Å². The van der Waals surface area contributed by atoms with Gasteiger partial charge in [0.05, 0.1) is 12.7 Å². The van der Waals surface area contributed by atoms with Gasteiger partial charge in [-0.1, -0.05) is 0 Å². The van der Waals surface area contributed by atoms with Crippen molar-refractivity contribution in [2.45, 2.75) is 32.2 Å². The van der Waals surface area contributed by atoms with E-state index in [0.29, 0.717) is 6.42 Å². The normalized spacial score (nSPS) is 15.0. The molecule has 2 nitrogen and oxygen atoms in total. The van der Waals surface area contributed by atoms with Crippen molar-refractivity contribution in [1.82, 2.24) is 0 Å². The van der Waals surface area contributed by atoms with Gasteiger partial charge in [0, 0.05) is 0 Å². The summed E-state index contributed by atoms with van der Waals surface area (Å²) in [4.78, 5) is 0. The van der Waals surface area contributed by atoms with Crippen LogP contribution in [0, 0.1) is 0 Å². The number of ether oxygens (including phenoxy) is 1. The summed E-state index contributed by atoms with van der Waals surface area (Å²) in [5.74, 6) is 0. The first-order chi connectivity index (χ1) is 4.92. The summed E-state index contributed by atoms with van der Waals surface area (Å²) in [6.45, 7) is 1.14. The third kappa shape index (κ3) is 9.71. The van der Waals surface area contributed by atoms with Crippen molar-refractivity contribution < 1.29 is 23.0 Å². The molecule has 0 heterocycles. The Hall–Kier alpha value is -0.290. The summed E-state index contributed by atoms with van der Waals surface area (Å²) in [5, 5.41) is 8.64. The molecule has 11 heavy (non-hydrogen) atoms. The number of alkyl halides is 3. The van der Waals surface area contributed by atoms with Crippen LogP contribution in [0.25, 0.3) is 0 Å². The smallest absolute Gasteiger partial charge is 0.393 e. The average molecular weight is 172 g/mol. The second-order valence-electron chi connectivity index (χ2n) is 2.29. The van der Waals surface area contributed by atoms with Crippen LogP contribution in [0.15, 0.2) is 0 Å². The molecule has 0 radical (unpaired) electrons. The van der Waals surface area contributed by atoms with E-state index in [1.165, 1.54) is 6.92 Å². The van der Waals surface area contributed by atoms with E-state index in [1.807, 2.05) is 0 Å². The van der Waals surface area contributed by atoms with Gasteiger partial charge in [0.2, 0.25) is 0 Å². The molecule has 0 rings (SSSR count). The van der Waals surface area contributed by atoms with Crippen LogP contribution in [0.2, 0.25) is 0 Å². The third-order valence-corrected chi connectivity index (χ3v) is 1.03. The SMILES string of the molecule is CC(O)CCCOC(F)(F)F. The summed E-state index contributed by atoms with van der Waals surface area (Å²) in [5.41, 5.74) is 0. The molecule has 0 saturated carbocycles. The number of aliphatic hydroxyl groups is 1. The van der Waals surface area contributed by atoms with Gasteiger partial charge in [-0.2, -0.15) is 0 Å². The molecule has 0 aromatic rings. The lowest BCUT2D eigenvalue weighted by Crippen LogP contribution is -2.15. The molecule has 0 aromatic carbocycles. The van der Waals surface area contributed by atoms with Crippen LogP contribution in [-0.4, -0.2) is 24.2 Å². The van der Waals surface area contributed by atoms with E-state index < -0.39 is 12.5 Å². The fraction of sp³-hybridized carbons (Fsp3) is 1.00. The molecular weight excluding hydrogens is 161 g/mol. The summed E-state index contributed by atoms with van der Waals surface area (Å²) in [6.07, 6.45) is -4.56. The van der Waals surface area contributed by atoms with E-state index in [1.54, 1.807) is 0 Å². The fourth-order valence-electron chi connectivity index (χ4n) is 0.567. The molecule has 0 spiro atoms. The largest absolute Gasteiger partial charge is 0.522 e. The zero-order chi connectivity index (χ0) is 8.91. The lowest BCUT2D eigenvalue weighted by atomic mass is 10.2. The summed E-state index contributed by atoms with van der Waals surface area (Å²) in [7, 11) is 0. The number of rotatable bonds is 4. The standard InChI is InChI=1S/C6H11F3O2/c1-5(10)3-2-4-11-6(7,8)9/h5,10H,2-4H2,1H3. The van der Waals surface area contributed by atoms with Crippen molar-refractivity contribution in [1.29, 1.82) is 0 Å². The van der Waals surface area contributed by atoms with Gasteiger partial charge in [-0.3, -0.25) is 4.74 Å². The zero-order valence-corrected chi connectivity index (χ0v) is 6.19. The third-order valence-electron chi connectivity index (χ3n) is 1.03. The maximum atomic E-state index is 11.3. The highest BCUT2D eigenvalue weighted by atomic mass is 19.4. The van der Waals surface area contributed by atoms with Crippen LogP contribution in [0.4, 0.5) is 13.2 Å². The van der Waals surface area contributed by atoms with Crippen LogP contribution in [-0.2, 0) is 4.74 Å². The zero-order valence-electron chi connectivity index (χ0n) is 6.19. The molecule has 0 aromatic heterocycles. The van der Waals surface area contributed by atoms with Gasteiger partial charge in [-0.15, -0.1) is 13.2 Å². The Kier molecular flexibility index (Phi) is 4.44. The van der Waals surface area contributed by atoms with Crippen LogP contribution in [0.3, 0.4) is 0 Å². The van der Waals surface area contributed by atoms with Gasteiger partial charge in [-0.05, 0) is 19.8 Å². The van der Waals surface area contributed by atoms with E-state index in [-0.39, 0.29) is 13.0 Å². The molecule has 68 valence electrons. The molecule has 0 aliphatic carbocycles. The van der Waals surface area contributed by atoms with Crippen molar-refractivity contribution in [3.8, 4) is 0 Å². The number of hydrogen-bond donors (Lipinski definition) is 1.